The second kappa shape index (κ2) is 8.56. The third kappa shape index (κ3) is 4.03. The topological polar surface area (TPSA) is 33.7 Å². The molecule has 4 nitrogen and oxygen atoms in total. The Morgan fingerprint density at radius 1 is 1.00 bits per heavy atom. The van der Waals surface area contributed by atoms with Gasteiger partial charge in [-0.3, -0.25) is 0 Å². The van der Waals surface area contributed by atoms with E-state index < -0.39 is 0 Å². The van der Waals surface area contributed by atoms with Gasteiger partial charge < -0.3 is 19.7 Å². The van der Waals surface area contributed by atoms with Crippen molar-refractivity contribution in [3.05, 3.63) is 60.2 Å². The number of nitrogens with one attached hydrogen (secondary N) is 1. The van der Waals surface area contributed by atoms with E-state index in [1.807, 2.05) is 31.3 Å². The maximum atomic E-state index is 5.51. The molecule has 0 heterocycles. The molecule has 0 spiro atoms. The first kappa shape index (κ1) is 17.3. The van der Waals surface area contributed by atoms with E-state index in [0.717, 1.165) is 11.4 Å². The number of hydrogen-bond donors (Lipinski definition) is 1. The first-order valence-corrected chi connectivity index (χ1v) is 7.80. The lowest BCUT2D eigenvalue weighted by molar-refractivity contribution is 0.163. The number of anilines is 1. The van der Waals surface area contributed by atoms with Crippen LogP contribution in [-0.2, 0) is 4.74 Å². The third-order valence-corrected chi connectivity index (χ3v) is 4.15. The average Bonchev–Trinajstić information content (AvgIpc) is 2.62. The summed E-state index contributed by atoms with van der Waals surface area (Å²) in [4.78, 5) is 2.22. The maximum absolute atomic E-state index is 5.51. The zero-order chi connectivity index (χ0) is 16.7. The van der Waals surface area contributed by atoms with Crippen molar-refractivity contribution in [3.63, 3.8) is 0 Å². The maximum Gasteiger partial charge on any atom is 0.142 e. The van der Waals surface area contributed by atoms with Gasteiger partial charge in [0.15, 0.2) is 0 Å². The standard InChI is InChI=1S/C19H26N2O2/c1-20-19(15-10-6-5-7-11-15)17(14-22-3)21(2)16-12-8-9-13-18(16)23-4/h5-13,17,19-20H,14H2,1-4H3/t17-,19-/m1/s1. The Bertz CT molecular complexity index is 589. The minimum absolute atomic E-state index is 0.128. The Hall–Kier alpha value is -2.04. The van der Waals surface area contributed by atoms with Gasteiger partial charge >= 0.3 is 0 Å². The fourth-order valence-corrected chi connectivity index (χ4v) is 2.94. The molecule has 0 aliphatic carbocycles. The van der Waals surface area contributed by atoms with Gasteiger partial charge in [-0.2, -0.15) is 0 Å². The molecule has 1 N–H and O–H groups in total. The van der Waals surface area contributed by atoms with E-state index in [0.29, 0.717) is 6.61 Å². The van der Waals surface area contributed by atoms with E-state index in [2.05, 4.69) is 47.6 Å². The van der Waals surface area contributed by atoms with Gasteiger partial charge in [0.2, 0.25) is 0 Å². The van der Waals surface area contributed by atoms with E-state index in [4.69, 9.17) is 9.47 Å². The molecule has 0 aromatic heterocycles. The predicted octanol–water partition coefficient (Wildman–Crippen LogP) is 3.11. The van der Waals surface area contributed by atoms with Gasteiger partial charge in [-0.05, 0) is 24.7 Å². The van der Waals surface area contributed by atoms with Gasteiger partial charge in [-0.15, -0.1) is 0 Å². The van der Waals surface area contributed by atoms with Crippen molar-refractivity contribution in [3.8, 4) is 5.75 Å². The van der Waals surface area contributed by atoms with Crippen molar-refractivity contribution in [1.82, 2.24) is 5.32 Å². The van der Waals surface area contributed by atoms with Crippen molar-refractivity contribution >= 4 is 5.69 Å². The summed E-state index contributed by atoms with van der Waals surface area (Å²) >= 11 is 0. The van der Waals surface area contributed by atoms with E-state index >= 15 is 0 Å². The molecule has 2 aromatic rings. The first-order chi connectivity index (χ1) is 11.2. The normalized spacial score (nSPS) is 13.4. The number of likely N-dealkylation sites (N-methyl/N-ethyl adjacent to an activating group) is 2. The van der Waals surface area contributed by atoms with Crippen molar-refractivity contribution < 1.29 is 9.47 Å². The summed E-state index contributed by atoms with van der Waals surface area (Å²) in [6.45, 7) is 0.606. The van der Waals surface area contributed by atoms with Crippen LogP contribution in [0.5, 0.6) is 5.75 Å². The molecule has 124 valence electrons. The Morgan fingerprint density at radius 3 is 2.26 bits per heavy atom. The molecule has 0 fully saturated rings. The number of para-hydroxylation sites is 2. The summed E-state index contributed by atoms with van der Waals surface area (Å²) in [5.74, 6) is 0.860. The Balaban J connectivity index is 2.36. The summed E-state index contributed by atoms with van der Waals surface area (Å²) in [5.41, 5.74) is 2.28. The van der Waals surface area contributed by atoms with E-state index in [1.165, 1.54) is 5.56 Å². The highest BCUT2D eigenvalue weighted by Crippen LogP contribution is 2.31. The monoisotopic (exact) mass is 314 g/mol. The largest absolute Gasteiger partial charge is 0.495 e. The molecule has 2 rings (SSSR count). The molecule has 0 saturated carbocycles. The van der Waals surface area contributed by atoms with Crippen LogP contribution in [0.3, 0.4) is 0 Å². The molecule has 2 aromatic carbocycles. The summed E-state index contributed by atoms with van der Waals surface area (Å²) in [6, 6.07) is 18.8. The minimum atomic E-state index is 0.128. The van der Waals surface area contributed by atoms with Crippen LogP contribution in [0, 0.1) is 0 Å². The highest BCUT2D eigenvalue weighted by atomic mass is 16.5. The number of hydrogen-bond acceptors (Lipinski definition) is 4. The number of methoxy groups -OCH3 is 2. The highest BCUT2D eigenvalue weighted by Gasteiger charge is 2.27. The number of rotatable bonds is 8. The lowest BCUT2D eigenvalue weighted by Gasteiger charge is -2.36. The molecule has 4 heteroatoms. The van der Waals surface area contributed by atoms with Crippen LogP contribution in [0.4, 0.5) is 5.69 Å². The second-order valence-corrected chi connectivity index (χ2v) is 5.48. The summed E-state index contributed by atoms with van der Waals surface area (Å²) in [7, 11) is 7.50. The van der Waals surface area contributed by atoms with Crippen molar-refractivity contribution in [2.45, 2.75) is 12.1 Å². The van der Waals surface area contributed by atoms with Gasteiger partial charge in [0, 0.05) is 14.2 Å². The van der Waals surface area contributed by atoms with E-state index in [-0.39, 0.29) is 12.1 Å². The summed E-state index contributed by atoms with van der Waals surface area (Å²) < 4.78 is 11.0. The fourth-order valence-electron chi connectivity index (χ4n) is 2.94. The lowest BCUT2D eigenvalue weighted by atomic mass is 9.98. The summed E-state index contributed by atoms with van der Waals surface area (Å²) in [6.07, 6.45) is 0. The van der Waals surface area contributed by atoms with Crippen LogP contribution in [0.1, 0.15) is 11.6 Å². The van der Waals surface area contributed by atoms with Gasteiger partial charge in [0.25, 0.3) is 0 Å². The van der Waals surface area contributed by atoms with Crippen LogP contribution in [0.25, 0.3) is 0 Å². The van der Waals surface area contributed by atoms with Crippen LogP contribution in [0.2, 0.25) is 0 Å². The Morgan fingerprint density at radius 2 is 1.65 bits per heavy atom. The second-order valence-electron chi connectivity index (χ2n) is 5.48. The Kier molecular flexibility index (Phi) is 6.44. The molecule has 0 aliphatic rings. The molecule has 0 aliphatic heterocycles. The molecule has 0 bridgehead atoms. The first-order valence-electron chi connectivity index (χ1n) is 7.80. The molecule has 0 amide bonds. The van der Waals surface area contributed by atoms with E-state index in [1.54, 1.807) is 14.2 Å². The molecule has 23 heavy (non-hydrogen) atoms. The molecular weight excluding hydrogens is 288 g/mol. The molecule has 0 radical (unpaired) electrons. The minimum Gasteiger partial charge on any atom is -0.495 e. The average molecular weight is 314 g/mol. The zero-order valence-electron chi connectivity index (χ0n) is 14.3. The molecular formula is C19H26N2O2. The SMILES string of the molecule is CN[C@H](c1ccccc1)[C@@H](COC)N(C)c1ccccc1OC. The fraction of sp³-hybridized carbons (Fsp3) is 0.368. The predicted molar refractivity (Wildman–Crippen MR) is 95.3 cm³/mol. The van der Waals surface area contributed by atoms with E-state index in [9.17, 15) is 0 Å². The number of ether oxygens (including phenoxy) is 2. The van der Waals surface area contributed by atoms with Crippen LogP contribution < -0.4 is 15.0 Å². The van der Waals surface area contributed by atoms with Crippen molar-refractivity contribution in [1.29, 1.82) is 0 Å². The highest BCUT2D eigenvalue weighted by molar-refractivity contribution is 5.59. The number of nitrogens with zero attached hydrogens (tertiary/aromatic N) is 1. The number of benzene rings is 2. The van der Waals surface area contributed by atoms with Gasteiger partial charge in [-0.25, -0.2) is 0 Å². The van der Waals surface area contributed by atoms with Crippen LogP contribution in [-0.4, -0.2) is 41.0 Å². The third-order valence-electron chi connectivity index (χ3n) is 4.15. The zero-order valence-corrected chi connectivity index (χ0v) is 14.3. The van der Waals surface area contributed by atoms with Gasteiger partial charge in [0.1, 0.15) is 5.75 Å². The van der Waals surface area contributed by atoms with Crippen LogP contribution in [0.15, 0.2) is 54.6 Å². The molecule has 0 unspecified atom stereocenters. The quantitative estimate of drug-likeness (QED) is 0.812. The molecule has 2 atom stereocenters. The van der Waals surface area contributed by atoms with Gasteiger partial charge in [0.05, 0.1) is 31.5 Å². The lowest BCUT2D eigenvalue weighted by Crippen LogP contribution is -2.45. The smallest absolute Gasteiger partial charge is 0.142 e. The van der Waals surface area contributed by atoms with Crippen molar-refractivity contribution in [2.75, 3.05) is 39.8 Å². The summed E-state index contributed by atoms with van der Waals surface area (Å²) in [5, 5.41) is 3.43. The Labute approximate surface area is 139 Å². The molecule has 0 saturated heterocycles. The van der Waals surface area contributed by atoms with Crippen LogP contribution >= 0.6 is 0 Å². The van der Waals surface area contributed by atoms with Gasteiger partial charge in [-0.1, -0.05) is 42.5 Å². The van der Waals surface area contributed by atoms with Crippen molar-refractivity contribution in [2.24, 2.45) is 0 Å².